The van der Waals surface area contributed by atoms with Crippen LogP contribution in [0.4, 0.5) is 5.13 Å². The minimum Gasteiger partial charge on any atom is -0.465 e. The Labute approximate surface area is 178 Å². The number of fused-ring (bicyclic) bond motifs is 1. The summed E-state index contributed by atoms with van der Waals surface area (Å²) in [5, 5.41) is 0.669. The van der Waals surface area contributed by atoms with Gasteiger partial charge in [-0.3, -0.25) is 9.69 Å². The lowest BCUT2D eigenvalue weighted by Gasteiger charge is -2.22. The number of esters is 1. The number of aromatic nitrogens is 1. The van der Waals surface area contributed by atoms with E-state index < -0.39 is 5.97 Å². The van der Waals surface area contributed by atoms with Gasteiger partial charge in [0.25, 0.3) is 5.91 Å². The van der Waals surface area contributed by atoms with E-state index in [2.05, 4.69) is 6.07 Å². The van der Waals surface area contributed by atoms with Crippen LogP contribution in [0.25, 0.3) is 10.2 Å². The second kappa shape index (κ2) is 9.39. The number of benzene rings is 2. The predicted octanol–water partition coefficient (Wildman–Crippen LogP) is 4.01. The Morgan fingerprint density at radius 2 is 1.76 bits per heavy atom. The maximum absolute atomic E-state index is 13.3. The Balaban J connectivity index is 1.94. The third-order valence-corrected chi connectivity index (χ3v) is 6.15. The number of carbonyl (C=O) groups excluding carboxylic acids is 2. The molecule has 3 aromatic rings. The monoisotopic (exact) mass is 429 g/mol. The van der Waals surface area contributed by atoms with Gasteiger partial charge in [0.15, 0.2) is 5.13 Å². The van der Waals surface area contributed by atoms with E-state index >= 15 is 0 Å². The molecule has 0 saturated carbocycles. The molecule has 3 rings (SSSR count). The number of anilines is 1. The number of thioether (sulfide) groups is 1. The van der Waals surface area contributed by atoms with E-state index in [0.29, 0.717) is 29.3 Å². The highest BCUT2D eigenvalue weighted by Crippen LogP contribution is 2.32. The maximum atomic E-state index is 13.3. The van der Waals surface area contributed by atoms with Crippen molar-refractivity contribution in [3.63, 3.8) is 0 Å². The molecule has 0 aliphatic rings. The highest BCUT2D eigenvalue weighted by Gasteiger charge is 2.22. The molecule has 29 heavy (non-hydrogen) atoms. The van der Waals surface area contributed by atoms with Gasteiger partial charge in [0.05, 0.1) is 22.9 Å². The summed E-state index contributed by atoms with van der Waals surface area (Å²) in [4.78, 5) is 34.5. The average Bonchev–Trinajstić information content (AvgIpc) is 3.15. The van der Waals surface area contributed by atoms with Crippen LogP contribution in [0.15, 0.2) is 47.4 Å². The SMILES string of the molecule is COC(=O)c1ccc(C(=O)N(CCN(C)C)c2nc3ccc(SC)cc3s2)cc1. The number of hydrogen-bond donors (Lipinski definition) is 0. The zero-order valence-corrected chi connectivity index (χ0v) is 18.5. The molecule has 0 fully saturated rings. The minimum absolute atomic E-state index is 0.146. The van der Waals surface area contributed by atoms with Crippen molar-refractivity contribution in [3.05, 3.63) is 53.6 Å². The molecular weight excluding hydrogens is 406 g/mol. The number of likely N-dealkylation sites (N-methyl/N-ethyl adjacent to an activating group) is 1. The van der Waals surface area contributed by atoms with Gasteiger partial charge in [0, 0.05) is 23.5 Å². The van der Waals surface area contributed by atoms with Gasteiger partial charge >= 0.3 is 5.97 Å². The summed E-state index contributed by atoms with van der Waals surface area (Å²) in [7, 11) is 5.27. The van der Waals surface area contributed by atoms with Gasteiger partial charge in [-0.1, -0.05) is 11.3 Å². The molecule has 152 valence electrons. The number of thiazole rings is 1. The summed E-state index contributed by atoms with van der Waals surface area (Å²) < 4.78 is 5.77. The Hall–Kier alpha value is -2.42. The Kier molecular flexibility index (Phi) is 6.89. The standard InChI is InChI=1S/C21H23N3O3S2/c1-23(2)11-12-24(19(25)14-5-7-15(8-6-14)20(26)27-3)21-22-17-10-9-16(28-4)13-18(17)29-21/h5-10,13H,11-12H2,1-4H3. The van der Waals surface area contributed by atoms with Crippen LogP contribution in [-0.4, -0.2) is 62.3 Å². The van der Waals surface area contributed by atoms with Crippen molar-refractivity contribution in [1.29, 1.82) is 0 Å². The van der Waals surface area contributed by atoms with E-state index in [1.165, 1.54) is 18.4 Å². The van der Waals surface area contributed by atoms with Crippen molar-refractivity contribution in [2.45, 2.75) is 4.90 Å². The number of ether oxygens (including phenoxy) is 1. The second-order valence-electron chi connectivity index (χ2n) is 6.66. The van der Waals surface area contributed by atoms with Crippen LogP contribution in [0, 0.1) is 0 Å². The van der Waals surface area contributed by atoms with Crippen LogP contribution < -0.4 is 4.90 Å². The minimum atomic E-state index is -0.427. The zero-order chi connectivity index (χ0) is 21.0. The number of hydrogen-bond acceptors (Lipinski definition) is 7. The number of rotatable bonds is 7. The van der Waals surface area contributed by atoms with Crippen molar-refractivity contribution in [2.24, 2.45) is 0 Å². The first-order valence-electron chi connectivity index (χ1n) is 9.02. The lowest BCUT2D eigenvalue weighted by molar-refractivity contribution is 0.0600. The molecule has 1 amide bonds. The Bertz CT molecular complexity index is 1020. The smallest absolute Gasteiger partial charge is 0.337 e. The molecule has 0 aliphatic heterocycles. The Morgan fingerprint density at radius 3 is 2.38 bits per heavy atom. The van der Waals surface area contributed by atoms with E-state index in [1.807, 2.05) is 37.4 Å². The zero-order valence-electron chi connectivity index (χ0n) is 16.8. The summed E-state index contributed by atoms with van der Waals surface area (Å²) in [5.41, 5.74) is 1.79. The van der Waals surface area contributed by atoms with E-state index in [4.69, 9.17) is 9.72 Å². The first kappa shape index (κ1) is 21.3. The van der Waals surface area contributed by atoms with E-state index in [-0.39, 0.29) is 5.91 Å². The molecular formula is C21H23N3O3S2. The highest BCUT2D eigenvalue weighted by atomic mass is 32.2. The van der Waals surface area contributed by atoms with Crippen molar-refractivity contribution in [2.75, 3.05) is 45.5 Å². The summed E-state index contributed by atoms with van der Waals surface area (Å²) in [6.07, 6.45) is 2.04. The lowest BCUT2D eigenvalue weighted by atomic mass is 10.1. The topological polar surface area (TPSA) is 62.7 Å². The predicted molar refractivity (Wildman–Crippen MR) is 119 cm³/mol. The largest absolute Gasteiger partial charge is 0.465 e. The molecule has 0 radical (unpaired) electrons. The summed E-state index contributed by atoms with van der Waals surface area (Å²) in [6.45, 7) is 1.22. The fraction of sp³-hybridized carbons (Fsp3) is 0.286. The van der Waals surface area contributed by atoms with Crippen molar-refractivity contribution >= 4 is 50.3 Å². The number of methoxy groups -OCH3 is 1. The van der Waals surface area contributed by atoms with Crippen molar-refractivity contribution in [1.82, 2.24) is 9.88 Å². The summed E-state index contributed by atoms with van der Waals surface area (Å²) in [5.74, 6) is -0.573. The molecule has 1 heterocycles. The number of carbonyl (C=O) groups is 2. The van der Waals surface area contributed by atoms with E-state index in [9.17, 15) is 9.59 Å². The molecule has 0 bridgehead atoms. The van der Waals surface area contributed by atoms with Crippen molar-refractivity contribution < 1.29 is 14.3 Å². The summed E-state index contributed by atoms with van der Waals surface area (Å²) >= 11 is 3.19. The number of amides is 1. The molecule has 6 nitrogen and oxygen atoms in total. The molecule has 0 unspecified atom stereocenters. The van der Waals surface area contributed by atoms with Gasteiger partial charge in [-0.25, -0.2) is 9.78 Å². The number of nitrogens with zero attached hydrogens (tertiary/aromatic N) is 3. The highest BCUT2D eigenvalue weighted by molar-refractivity contribution is 7.98. The van der Waals surface area contributed by atoms with E-state index in [0.717, 1.165) is 15.1 Å². The third-order valence-electron chi connectivity index (χ3n) is 4.38. The molecule has 0 aliphatic carbocycles. The van der Waals surface area contributed by atoms with Gasteiger partial charge in [-0.15, -0.1) is 11.8 Å². The molecule has 8 heteroatoms. The van der Waals surface area contributed by atoms with Crippen LogP contribution in [-0.2, 0) is 4.74 Å². The van der Waals surface area contributed by atoms with E-state index in [1.54, 1.807) is 40.9 Å². The molecule has 0 spiro atoms. The third kappa shape index (κ3) is 4.95. The van der Waals surface area contributed by atoms with Crippen LogP contribution >= 0.6 is 23.1 Å². The fourth-order valence-corrected chi connectivity index (χ4v) is 4.29. The fourth-order valence-electron chi connectivity index (χ4n) is 2.74. The van der Waals surface area contributed by atoms with Crippen molar-refractivity contribution in [3.8, 4) is 0 Å². The quantitative estimate of drug-likeness (QED) is 0.418. The van der Waals surface area contributed by atoms with Gasteiger partial charge < -0.3 is 9.64 Å². The second-order valence-corrected chi connectivity index (χ2v) is 8.55. The summed E-state index contributed by atoms with van der Waals surface area (Å²) in [6, 6.07) is 12.6. The Morgan fingerprint density at radius 1 is 1.07 bits per heavy atom. The molecule has 2 aromatic carbocycles. The molecule has 1 aromatic heterocycles. The van der Waals surface area contributed by atoms with Gasteiger partial charge in [0.2, 0.25) is 0 Å². The first-order chi connectivity index (χ1) is 13.9. The normalized spacial score (nSPS) is 11.1. The average molecular weight is 430 g/mol. The molecule has 0 saturated heterocycles. The lowest BCUT2D eigenvalue weighted by Crippen LogP contribution is -2.36. The molecule has 0 atom stereocenters. The molecule has 0 N–H and O–H groups in total. The first-order valence-corrected chi connectivity index (χ1v) is 11.1. The van der Waals surface area contributed by atoms with Gasteiger partial charge in [-0.05, 0) is 62.8 Å². The van der Waals surface area contributed by atoms with Crippen LogP contribution in [0.5, 0.6) is 0 Å². The van der Waals surface area contributed by atoms with Gasteiger partial charge in [-0.2, -0.15) is 0 Å². The van der Waals surface area contributed by atoms with Gasteiger partial charge in [0.1, 0.15) is 0 Å². The van der Waals surface area contributed by atoms with Crippen LogP contribution in [0.3, 0.4) is 0 Å². The maximum Gasteiger partial charge on any atom is 0.337 e. The van der Waals surface area contributed by atoms with Crippen LogP contribution in [0.2, 0.25) is 0 Å². The van der Waals surface area contributed by atoms with Crippen LogP contribution in [0.1, 0.15) is 20.7 Å².